The molecule has 1 aliphatic rings. The molecule has 1 aromatic rings. The maximum absolute atomic E-state index is 11.2. The Bertz CT molecular complexity index is 437. The molecule has 0 saturated carbocycles. The maximum Gasteiger partial charge on any atom is 0.239 e. The molecule has 17 heavy (non-hydrogen) atoms. The predicted molar refractivity (Wildman–Crippen MR) is 66.4 cm³/mol. The smallest absolute Gasteiger partial charge is 0.239 e. The first-order chi connectivity index (χ1) is 8.20. The molecule has 0 spiro atoms. The van der Waals surface area contributed by atoms with Crippen LogP contribution in [0.25, 0.3) is 0 Å². The summed E-state index contributed by atoms with van der Waals surface area (Å²) < 4.78 is 11.0. The molecule has 0 radical (unpaired) electrons. The third-order valence-corrected chi connectivity index (χ3v) is 2.79. The Morgan fingerprint density at radius 3 is 2.59 bits per heavy atom. The first kappa shape index (κ1) is 12.3. The van der Waals surface area contributed by atoms with Crippen LogP contribution in [-0.2, 0) is 4.79 Å². The number of rotatable bonds is 2. The van der Waals surface area contributed by atoms with Crippen LogP contribution in [0.1, 0.15) is 6.42 Å². The standard InChI is InChI=1S/C11H11Cl2NO3/c12-6-11(15)14-8-5-10-9(4-7(8)13)16-2-1-3-17-10/h4-5H,1-3,6H2,(H,14,15). The highest BCUT2D eigenvalue weighted by Crippen LogP contribution is 2.37. The summed E-state index contributed by atoms with van der Waals surface area (Å²) >= 11 is 11.4. The van der Waals surface area contributed by atoms with Gasteiger partial charge in [-0.2, -0.15) is 0 Å². The number of ether oxygens (including phenoxy) is 2. The normalized spacial score (nSPS) is 14.0. The SMILES string of the molecule is O=C(CCl)Nc1cc2c(cc1Cl)OCCCO2. The minimum absolute atomic E-state index is 0.120. The van der Waals surface area contributed by atoms with Gasteiger partial charge in [0, 0.05) is 18.6 Å². The lowest BCUT2D eigenvalue weighted by Crippen LogP contribution is -2.13. The molecule has 6 heteroatoms. The average Bonchev–Trinajstić information content (AvgIpc) is 2.54. The molecule has 2 rings (SSSR count). The van der Waals surface area contributed by atoms with Gasteiger partial charge in [-0.1, -0.05) is 11.6 Å². The quantitative estimate of drug-likeness (QED) is 0.845. The Hall–Kier alpha value is -1.13. The fraction of sp³-hybridized carbons (Fsp3) is 0.364. The first-order valence-electron chi connectivity index (χ1n) is 5.15. The van der Waals surface area contributed by atoms with Gasteiger partial charge in [0.2, 0.25) is 5.91 Å². The van der Waals surface area contributed by atoms with E-state index in [9.17, 15) is 4.79 Å². The molecular formula is C11H11Cl2NO3. The number of amides is 1. The lowest BCUT2D eigenvalue weighted by atomic mass is 10.2. The number of anilines is 1. The number of carbonyl (C=O) groups excluding carboxylic acids is 1. The van der Waals surface area contributed by atoms with Gasteiger partial charge in [0.1, 0.15) is 5.88 Å². The Balaban J connectivity index is 2.28. The molecule has 1 heterocycles. The number of halogens is 2. The number of alkyl halides is 1. The lowest BCUT2D eigenvalue weighted by molar-refractivity contribution is -0.113. The molecule has 0 aromatic heterocycles. The molecule has 1 aliphatic heterocycles. The van der Waals surface area contributed by atoms with Gasteiger partial charge in [0.15, 0.2) is 11.5 Å². The summed E-state index contributed by atoms with van der Waals surface area (Å²) in [5, 5.41) is 2.99. The molecule has 92 valence electrons. The van der Waals surface area contributed by atoms with Gasteiger partial charge in [-0.25, -0.2) is 0 Å². The zero-order valence-corrected chi connectivity index (χ0v) is 10.5. The van der Waals surface area contributed by atoms with Crippen molar-refractivity contribution >= 4 is 34.8 Å². The number of carbonyl (C=O) groups is 1. The molecule has 1 aromatic carbocycles. The van der Waals surface area contributed by atoms with E-state index in [1.807, 2.05) is 0 Å². The molecular weight excluding hydrogens is 265 g/mol. The lowest BCUT2D eigenvalue weighted by Gasteiger charge is -2.11. The topological polar surface area (TPSA) is 47.6 Å². The van der Waals surface area contributed by atoms with Gasteiger partial charge >= 0.3 is 0 Å². The van der Waals surface area contributed by atoms with Crippen LogP contribution in [0.2, 0.25) is 5.02 Å². The molecule has 0 unspecified atom stereocenters. The first-order valence-corrected chi connectivity index (χ1v) is 6.07. The zero-order chi connectivity index (χ0) is 12.3. The second kappa shape index (κ2) is 5.47. The van der Waals surface area contributed by atoms with Crippen LogP contribution in [-0.4, -0.2) is 25.0 Å². The van der Waals surface area contributed by atoms with Crippen LogP contribution in [0, 0.1) is 0 Å². The van der Waals surface area contributed by atoms with Crippen molar-refractivity contribution in [1.29, 1.82) is 0 Å². The van der Waals surface area contributed by atoms with Gasteiger partial charge < -0.3 is 14.8 Å². The molecule has 0 fully saturated rings. The Morgan fingerprint density at radius 1 is 1.29 bits per heavy atom. The molecule has 0 bridgehead atoms. The molecule has 0 saturated heterocycles. The van der Waals surface area contributed by atoms with Gasteiger partial charge in [0.25, 0.3) is 0 Å². The van der Waals surface area contributed by atoms with Crippen LogP contribution in [0.5, 0.6) is 11.5 Å². The highest BCUT2D eigenvalue weighted by atomic mass is 35.5. The highest BCUT2D eigenvalue weighted by molar-refractivity contribution is 6.35. The van der Waals surface area contributed by atoms with Gasteiger partial charge in [-0.3, -0.25) is 4.79 Å². The van der Waals surface area contributed by atoms with E-state index < -0.39 is 0 Å². The highest BCUT2D eigenvalue weighted by Gasteiger charge is 2.15. The molecule has 4 nitrogen and oxygen atoms in total. The van der Waals surface area contributed by atoms with E-state index in [1.165, 1.54) is 0 Å². The van der Waals surface area contributed by atoms with E-state index in [0.29, 0.717) is 35.4 Å². The van der Waals surface area contributed by atoms with E-state index in [2.05, 4.69) is 5.32 Å². The second-order valence-corrected chi connectivity index (χ2v) is 4.19. The summed E-state index contributed by atoms with van der Waals surface area (Å²) in [5.74, 6) is 0.737. The van der Waals surface area contributed by atoms with Crippen LogP contribution >= 0.6 is 23.2 Å². The fourth-order valence-corrected chi connectivity index (χ4v) is 1.73. The van der Waals surface area contributed by atoms with Crippen molar-refractivity contribution in [3.63, 3.8) is 0 Å². The van der Waals surface area contributed by atoms with Crippen molar-refractivity contribution in [3.8, 4) is 11.5 Å². The summed E-state index contributed by atoms with van der Waals surface area (Å²) in [6.45, 7) is 1.17. The molecule has 1 N–H and O–H groups in total. The van der Waals surface area contributed by atoms with Crippen LogP contribution < -0.4 is 14.8 Å². The molecule has 0 aliphatic carbocycles. The monoisotopic (exact) mass is 275 g/mol. The van der Waals surface area contributed by atoms with E-state index in [0.717, 1.165) is 6.42 Å². The van der Waals surface area contributed by atoms with Crippen molar-refractivity contribution in [3.05, 3.63) is 17.2 Å². The Morgan fingerprint density at radius 2 is 1.94 bits per heavy atom. The summed E-state index contributed by atoms with van der Waals surface area (Å²) in [7, 11) is 0. The van der Waals surface area contributed by atoms with Crippen LogP contribution in [0.3, 0.4) is 0 Å². The fourth-order valence-electron chi connectivity index (χ4n) is 1.46. The van der Waals surface area contributed by atoms with Crippen molar-refractivity contribution < 1.29 is 14.3 Å². The summed E-state index contributed by atoms with van der Waals surface area (Å²) in [4.78, 5) is 11.2. The van der Waals surface area contributed by atoms with E-state index >= 15 is 0 Å². The van der Waals surface area contributed by atoms with E-state index in [-0.39, 0.29) is 11.8 Å². The number of hydrogen-bond acceptors (Lipinski definition) is 3. The summed E-state index contributed by atoms with van der Waals surface area (Å²) in [6, 6.07) is 3.28. The maximum atomic E-state index is 11.2. The molecule has 1 amide bonds. The summed E-state index contributed by atoms with van der Waals surface area (Å²) in [5.41, 5.74) is 0.474. The van der Waals surface area contributed by atoms with E-state index in [1.54, 1.807) is 12.1 Å². The van der Waals surface area contributed by atoms with Gasteiger partial charge in [0.05, 0.1) is 23.9 Å². The average molecular weight is 276 g/mol. The number of hydrogen-bond donors (Lipinski definition) is 1. The Labute approximate surface area is 109 Å². The van der Waals surface area contributed by atoms with Crippen LogP contribution in [0.15, 0.2) is 12.1 Å². The van der Waals surface area contributed by atoms with Crippen molar-refractivity contribution in [2.75, 3.05) is 24.4 Å². The third kappa shape index (κ3) is 2.96. The summed E-state index contributed by atoms with van der Waals surface area (Å²) in [6.07, 6.45) is 0.815. The third-order valence-electron chi connectivity index (χ3n) is 2.23. The van der Waals surface area contributed by atoms with Crippen LogP contribution in [0.4, 0.5) is 5.69 Å². The number of nitrogens with one attached hydrogen (secondary N) is 1. The minimum Gasteiger partial charge on any atom is -0.490 e. The molecule has 0 atom stereocenters. The van der Waals surface area contributed by atoms with Crippen molar-refractivity contribution in [2.24, 2.45) is 0 Å². The van der Waals surface area contributed by atoms with Gasteiger partial charge in [-0.15, -0.1) is 11.6 Å². The van der Waals surface area contributed by atoms with E-state index in [4.69, 9.17) is 32.7 Å². The minimum atomic E-state index is -0.317. The number of benzene rings is 1. The Kier molecular flexibility index (Phi) is 3.97. The zero-order valence-electron chi connectivity index (χ0n) is 8.96. The largest absolute Gasteiger partial charge is 0.490 e. The predicted octanol–water partition coefficient (Wildman–Crippen LogP) is 2.68. The van der Waals surface area contributed by atoms with Crippen molar-refractivity contribution in [2.45, 2.75) is 6.42 Å². The second-order valence-electron chi connectivity index (χ2n) is 3.51. The van der Waals surface area contributed by atoms with Gasteiger partial charge in [-0.05, 0) is 0 Å². The van der Waals surface area contributed by atoms with Crippen molar-refractivity contribution in [1.82, 2.24) is 0 Å². The number of fused-ring (bicyclic) bond motifs is 1.